The number of carbonyl (C=O) groups is 1. The van der Waals surface area contributed by atoms with E-state index in [1.807, 2.05) is 29.2 Å². The third kappa shape index (κ3) is 3.70. The quantitative estimate of drug-likeness (QED) is 0.860. The number of anilines is 1. The summed E-state index contributed by atoms with van der Waals surface area (Å²) in [6, 6.07) is 7.68. The smallest absolute Gasteiger partial charge is 0.321 e. The second kappa shape index (κ2) is 5.61. The SMILES string of the molecule is CC1(C)CCCN(C(=O)Nc2cccc(CN)c2)C1. The maximum absolute atomic E-state index is 12.2. The summed E-state index contributed by atoms with van der Waals surface area (Å²) in [5.41, 5.74) is 7.66. The number of benzene rings is 1. The first-order valence-corrected chi connectivity index (χ1v) is 6.85. The van der Waals surface area contributed by atoms with Crippen LogP contribution in [0.5, 0.6) is 0 Å². The molecule has 1 fully saturated rings. The number of likely N-dealkylation sites (tertiary alicyclic amines) is 1. The van der Waals surface area contributed by atoms with Gasteiger partial charge in [-0.05, 0) is 36.0 Å². The molecule has 3 N–H and O–H groups in total. The van der Waals surface area contributed by atoms with Crippen molar-refractivity contribution in [1.82, 2.24) is 4.90 Å². The fourth-order valence-corrected chi connectivity index (χ4v) is 2.58. The Bertz CT molecular complexity index is 456. The molecule has 0 aliphatic carbocycles. The topological polar surface area (TPSA) is 58.4 Å². The number of carbonyl (C=O) groups excluding carboxylic acids is 1. The van der Waals surface area contributed by atoms with E-state index in [0.717, 1.165) is 30.8 Å². The molecule has 0 radical (unpaired) electrons. The highest BCUT2D eigenvalue weighted by atomic mass is 16.2. The van der Waals surface area contributed by atoms with Crippen molar-refractivity contribution in [1.29, 1.82) is 0 Å². The fraction of sp³-hybridized carbons (Fsp3) is 0.533. The number of hydrogen-bond donors (Lipinski definition) is 2. The Kier molecular flexibility index (Phi) is 4.10. The van der Waals surface area contributed by atoms with Gasteiger partial charge in [0.1, 0.15) is 0 Å². The lowest BCUT2D eigenvalue weighted by Crippen LogP contribution is -2.45. The van der Waals surface area contributed by atoms with Gasteiger partial charge in [0.2, 0.25) is 0 Å². The van der Waals surface area contributed by atoms with Gasteiger partial charge in [-0.3, -0.25) is 0 Å². The molecule has 4 heteroatoms. The Morgan fingerprint density at radius 3 is 2.95 bits per heavy atom. The molecule has 1 heterocycles. The highest BCUT2D eigenvalue weighted by Crippen LogP contribution is 2.28. The lowest BCUT2D eigenvalue weighted by molar-refractivity contribution is 0.138. The van der Waals surface area contributed by atoms with Crippen molar-refractivity contribution in [2.75, 3.05) is 18.4 Å². The van der Waals surface area contributed by atoms with Crippen molar-refractivity contribution in [2.45, 2.75) is 33.2 Å². The van der Waals surface area contributed by atoms with Gasteiger partial charge in [-0.2, -0.15) is 0 Å². The molecule has 0 aromatic heterocycles. The van der Waals surface area contributed by atoms with E-state index in [1.165, 1.54) is 6.42 Å². The average molecular weight is 261 g/mol. The zero-order valence-electron chi connectivity index (χ0n) is 11.8. The van der Waals surface area contributed by atoms with Crippen LogP contribution in [0.3, 0.4) is 0 Å². The number of urea groups is 1. The van der Waals surface area contributed by atoms with Gasteiger partial charge in [-0.1, -0.05) is 26.0 Å². The zero-order valence-corrected chi connectivity index (χ0v) is 11.8. The van der Waals surface area contributed by atoms with E-state index in [9.17, 15) is 4.79 Å². The molecule has 0 saturated carbocycles. The molecule has 19 heavy (non-hydrogen) atoms. The molecule has 104 valence electrons. The minimum absolute atomic E-state index is 0.0121. The molecule has 1 aliphatic heterocycles. The first kappa shape index (κ1) is 13.9. The Balaban J connectivity index is 2.00. The van der Waals surface area contributed by atoms with Gasteiger partial charge >= 0.3 is 6.03 Å². The summed E-state index contributed by atoms with van der Waals surface area (Å²) in [6.07, 6.45) is 2.25. The molecular formula is C15H23N3O. The number of nitrogens with two attached hydrogens (primary N) is 1. The molecule has 4 nitrogen and oxygen atoms in total. The number of nitrogens with one attached hydrogen (secondary N) is 1. The Morgan fingerprint density at radius 2 is 2.26 bits per heavy atom. The summed E-state index contributed by atoms with van der Waals surface area (Å²) in [4.78, 5) is 14.1. The van der Waals surface area contributed by atoms with E-state index in [2.05, 4.69) is 19.2 Å². The van der Waals surface area contributed by atoms with Crippen molar-refractivity contribution < 1.29 is 4.79 Å². The van der Waals surface area contributed by atoms with Crippen LogP contribution in [-0.2, 0) is 6.54 Å². The second-order valence-corrected chi connectivity index (χ2v) is 6.02. The molecule has 1 aliphatic rings. The third-order valence-electron chi connectivity index (χ3n) is 3.60. The standard InChI is InChI=1S/C15H23N3O/c1-15(2)7-4-8-18(11-15)14(19)17-13-6-3-5-12(9-13)10-16/h3,5-6,9H,4,7-8,10-11,16H2,1-2H3,(H,17,19). The molecule has 2 rings (SSSR count). The van der Waals surface area contributed by atoms with Gasteiger partial charge in [0.15, 0.2) is 0 Å². The molecule has 1 aromatic carbocycles. The molecule has 2 amide bonds. The van der Waals surface area contributed by atoms with E-state index in [0.29, 0.717) is 6.54 Å². The number of hydrogen-bond acceptors (Lipinski definition) is 2. The lowest BCUT2D eigenvalue weighted by Gasteiger charge is -2.37. The number of rotatable bonds is 2. The zero-order chi connectivity index (χ0) is 13.9. The minimum Gasteiger partial charge on any atom is -0.326 e. The molecule has 0 atom stereocenters. The average Bonchev–Trinajstić information content (AvgIpc) is 2.37. The Morgan fingerprint density at radius 1 is 1.47 bits per heavy atom. The first-order chi connectivity index (χ1) is 9.00. The Hall–Kier alpha value is -1.55. The summed E-state index contributed by atoms with van der Waals surface area (Å²) in [5, 5.41) is 2.96. The van der Waals surface area contributed by atoms with Crippen LogP contribution in [0.1, 0.15) is 32.3 Å². The van der Waals surface area contributed by atoms with Gasteiger partial charge < -0.3 is 16.0 Å². The van der Waals surface area contributed by atoms with Crippen molar-refractivity contribution in [2.24, 2.45) is 11.1 Å². The predicted molar refractivity (Wildman–Crippen MR) is 77.9 cm³/mol. The largest absolute Gasteiger partial charge is 0.326 e. The van der Waals surface area contributed by atoms with E-state index in [1.54, 1.807) is 0 Å². The van der Waals surface area contributed by atoms with Crippen molar-refractivity contribution >= 4 is 11.7 Å². The number of piperidine rings is 1. The number of nitrogens with zero attached hydrogens (tertiary/aromatic N) is 1. The van der Waals surface area contributed by atoms with Crippen molar-refractivity contribution in [3.63, 3.8) is 0 Å². The van der Waals surface area contributed by atoms with Gasteiger partial charge in [0.05, 0.1) is 0 Å². The van der Waals surface area contributed by atoms with Crippen molar-refractivity contribution in [3.05, 3.63) is 29.8 Å². The molecular weight excluding hydrogens is 238 g/mol. The summed E-state index contributed by atoms with van der Waals surface area (Å²) in [6.45, 7) is 6.56. The molecule has 1 saturated heterocycles. The van der Waals surface area contributed by atoms with Crippen LogP contribution in [0.15, 0.2) is 24.3 Å². The van der Waals surface area contributed by atoms with Crippen LogP contribution in [0.2, 0.25) is 0 Å². The third-order valence-corrected chi connectivity index (χ3v) is 3.60. The molecule has 0 unspecified atom stereocenters. The fourth-order valence-electron chi connectivity index (χ4n) is 2.58. The highest BCUT2D eigenvalue weighted by molar-refractivity contribution is 5.89. The van der Waals surface area contributed by atoms with Crippen LogP contribution in [-0.4, -0.2) is 24.0 Å². The maximum atomic E-state index is 12.2. The highest BCUT2D eigenvalue weighted by Gasteiger charge is 2.29. The van der Waals surface area contributed by atoms with Gasteiger partial charge in [-0.15, -0.1) is 0 Å². The van der Waals surface area contributed by atoms with Crippen LogP contribution in [0, 0.1) is 5.41 Å². The summed E-state index contributed by atoms with van der Waals surface area (Å²) >= 11 is 0. The van der Waals surface area contributed by atoms with Gasteiger partial charge in [0, 0.05) is 25.3 Å². The maximum Gasteiger partial charge on any atom is 0.321 e. The monoisotopic (exact) mass is 261 g/mol. The minimum atomic E-state index is -0.0121. The normalized spacial score (nSPS) is 18.2. The van der Waals surface area contributed by atoms with Crippen molar-refractivity contribution in [3.8, 4) is 0 Å². The summed E-state index contributed by atoms with van der Waals surface area (Å²) in [5.74, 6) is 0. The first-order valence-electron chi connectivity index (χ1n) is 6.85. The van der Waals surface area contributed by atoms with Crippen LogP contribution >= 0.6 is 0 Å². The number of amides is 2. The van der Waals surface area contributed by atoms with Crippen LogP contribution in [0.4, 0.5) is 10.5 Å². The second-order valence-electron chi connectivity index (χ2n) is 6.02. The van der Waals surface area contributed by atoms with Crippen LogP contribution < -0.4 is 11.1 Å². The summed E-state index contributed by atoms with van der Waals surface area (Å²) in [7, 11) is 0. The summed E-state index contributed by atoms with van der Waals surface area (Å²) < 4.78 is 0. The van der Waals surface area contributed by atoms with Gasteiger partial charge in [0.25, 0.3) is 0 Å². The lowest BCUT2D eigenvalue weighted by atomic mass is 9.84. The van der Waals surface area contributed by atoms with E-state index >= 15 is 0 Å². The molecule has 1 aromatic rings. The Labute approximate surface area is 115 Å². The van der Waals surface area contributed by atoms with Gasteiger partial charge in [-0.25, -0.2) is 4.79 Å². The van der Waals surface area contributed by atoms with E-state index in [4.69, 9.17) is 5.73 Å². The van der Waals surface area contributed by atoms with E-state index in [-0.39, 0.29) is 11.4 Å². The van der Waals surface area contributed by atoms with Crippen LogP contribution in [0.25, 0.3) is 0 Å². The molecule has 0 bridgehead atoms. The van der Waals surface area contributed by atoms with E-state index < -0.39 is 0 Å². The molecule has 0 spiro atoms. The predicted octanol–water partition coefficient (Wildman–Crippen LogP) is 2.80.